The van der Waals surface area contributed by atoms with E-state index in [4.69, 9.17) is 10.2 Å². The Bertz CT molecular complexity index is 922. The lowest BCUT2D eigenvalue weighted by molar-refractivity contribution is 0.624. The van der Waals surface area contributed by atoms with Gasteiger partial charge in [0, 0.05) is 6.21 Å². The zero-order valence-electron chi connectivity index (χ0n) is 12.5. The van der Waals surface area contributed by atoms with Crippen LogP contribution in [0.2, 0.25) is 0 Å². The van der Waals surface area contributed by atoms with E-state index in [1.807, 2.05) is 44.2 Å². The Morgan fingerprint density at radius 2 is 1.73 bits per heavy atom. The number of anilines is 1. The summed E-state index contributed by atoms with van der Waals surface area (Å²) in [6, 6.07) is 13.1. The molecular formula is C18H16N2O2. The van der Waals surface area contributed by atoms with Gasteiger partial charge in [-0.05, 0) is 38.1 Å². The molecule has 1 aromatic heterocycles. The second kappa shape index (κ2) is 5.48. The van der Waals surface area contributed by atoms with E-state index >= 15 is 0 Å². The summed E-state index contributed by atoms with van der Waals surface area (Å²) < 4.78 is 5.52. The normalized spacial score (nSPS) is 11.4. The average Bonchev–Trinajstić information content (AvgIpc) is 2.50. The number of nitrogen functional groups attached to an aromatic ring is 1. The molecule has 3 rings (SSSR count). The van der Waals surface area contributed by atoms with Crippen molar-refractivity contribution in [2.75, 3.05) is 5.73 Å². The number of hydrogen-bond acceptors (Lipinski definition) is 4. The van der Waals surface area contributed by atoms with E-state index in [1.165, 1.54) is 6.21 Å². The van der Waals surface area contributed by atoms with Crippen molar-refractivity contribution < 1.29 is 4.42 Å². The van der Waals surface area contributed by atoms with Gasteiger partial charge >= 0.3 is 0 Å². The summed E-state index contributed by atoms with van der Waals surface area (Å²) in [5.74, 6) is 0.0808. The van der Waals surface area contributed by atoms with E-state index < -0.39 is 0 Å². The summed E-state index contributed by atoms with van der Waals surface area (Å²) in [6.45, 7) is 3.93. The van der Waals surface area contributed by atoms with Crippen molar-refractivity contribution in [2.24, 2.45) is 4.99 Å². The van der Waals surface area contributed by atoms with Gasteiger partial charge in [0.25, 0.3) is 0 Å². The molecule has 22 heavy (non-hydrogen) atoms. The van der Waals surface area contributed by atoms with Crippen LogP contribution in [-0.2, 0) is 0 Å². The topological polar surface area (TPSA) is 68.6 Å². The van der Waals surface area contributed by atoms with Crippen LogP contribution in [0, 0.1) is 13.8 Å². The first kappa shape index (κ1) is 14.1. The van der Waals surface area contributed by atoms with Gasteiger partial charge in [0.2, 0.25) is 11.3 Å². The maximum absolute atomic E-state index is 12.5. The standard InChI is InChI=1S/C18H16N2O2/c1-11-3-6-13(7-4-11)20-10-15-17(21)14-9-12(2)5-8-16(14)22-18(15)19/h3-10H,19H2,1-2H3. The van der Waals surface area contributed by atoms with Gasteiger partial charge in [-0.2, -0.15) is 0 Å². The van der Waals surface area contributed by atoms with Gasteiger partial charge in [-0.3, -0.25) is 9.79 Å². The fourth-order valence-corrected chi connectivity index (χ4v) is 2.23. The molecule has 0 aliphatic heterocycles. The van der Waals surface area contributed by atoms with E-state index in [-0.39, 0.29) is 16.9 Å². The highest BCUT2D eigenvalue weighted by Crippen LogP contribution is 2.19. The molecule has 4 nitrogen and oxygen atoms in total. The van der Waals surface area contributed by atoms with Crippen molar-refractivity contribution in [3.05, 3.63) is 69.4 Å². The summed E-state index contributed by atoms with van der Waals surface area (Å²) in [5.41, 5.74) is 9.35. The van der Waals surface area contributed by atoms with Gasteiger partial charge in [-0.15, -0.1) is 0 Å². The zero-order valence-corrected chi connectivity index (χ0v) is 12.5. The van der Waals surface area contributed by atoms with Gasteiger partial charge < -0.3 is 10.2 Å². The molecule has 4 heteroatoms. The first-order chi connectivity index (χ1) is 10.5. The van der Waals surface area contributed by atoms with Crippen LogP contribution in [0.3, 0.4) is 0 Å². The number of rotatable bonds is 2. The van der Waals surface area contributed by atoms with Gasteiger partial charge in [0.05, 0.1) is 11.1 Å². The average molecular weight is 292 g/mol. The second-order valence-corrected chi connectivity index (χ2v) is 5.30. The fourth-order valence-electron chi connectivity index (χ4n) is 2.23. The first-order valence-corrected chi connectivity index (χ1v) is 6.98. The summed E-state index contributed by atoms with van der Waals surface area (Å²) in [6.07, 6.45) is 1.47. The number of nitrogens with two attached hydrogens (primary N) is 1. The lowest BCUT2D eigenvalue weighted by atomic mass is 10.1. The molecule has 3 aromatic rings. The quantitative estimate of drug-likeness (QED) is 0.731. The molecule has 0 spiro atoms. The van der Waals surface area contributed by atoms with Crippen molar-refractivity contribution in [3.63, 3.8) is 0 Å². The number of benzene rings is 2. The van der Waals surface area contributed by atoms with Crippen LogP contribution in [0.25, 0.3) is 11.0 Å². The third kappa shape index (κ3) is 2.63. The van der Waals surface area contributed by atoms with Crippen LogP contribution >= 0.6 is 0 Å². The molecule has 0 saturated carbocycles. The maximum atomic E-state index is 12.5. The van der Waals surface area contributed by atoms with Crippen molar-refractivity contribution in [1.82, 2.24) is 0 Å². The van der Waals surface area contributed by atoms with Crippen LogP contribution in [0.1, 0.15) is 16.7 Å². The van der Waals surface area contributed by atoms with Crippen molar-refractivity contribution in [1.29, 1.82) is 0 Å². The summed E-state index contributed by atoms with van der Waals surface area (Å²) in [5, 5.41) is 0.513. The third-order valence-corrected chi connectivity index (χ3v) is 3.49. The minimum absolute atomic E-state index is 0.0808. The molecule has 0 aliphatic rings. The highest BCUT2D eigenvalue weighted by atomic mass is 16.3. The van der Waals surface area contributed by atoms with E-state index in [0.29, 0.717) is 11.0 Å². The molecule has 2 aromatic carbocycles. The maximum Gasteiger partial charge on any atom is 0.203 e. The second-order valence-electron chi connectivity index (χ2n) is 5.30. The molecule has 0 aliphatic carbocycles. The van der Waals surface area contributed by atoms with Crippen molar-refractivity contribution in [3.8, 4) is 0 Å². The molecule has 0 unspecified atom stereocenters. The molecule has 2 N–H and O–H groups in total. The van der Waals surface area contributed by atoms with Crippen molar-refractivity contribution >= 4 is 28.8 Å². The number of hydrogen-bond donors (Lipinski definition) is 1. The molecule has 0 radical (unpaired) electrons. The Kier molecular flexibility index (Phi) is 3.51. The third-order valence-electron chi connectivity index (χ3n) is 3.49. The van der Waals surface area contributed by atoms with Gasteiger partial charge in [-0.1, -0.05) is 29.3 Å². The lowest BCUT2D eigenvalue weighted by Crippen LogP contribution is -2.12. The molecule has 0 amide bonds. The van der Waals surface area contributed by atoms with Gasteiger partial charge in [-0.25, -0.2) is 0 Å². The highest BCUT2D eigenvalue weighted by Gasteiger charge is 2.10. The Labute approximate surface area is 127 Å². The fraction of sp³-hybridized carbons (Fsp3) is 0.111. The monoisotopic (exact) mass is 292 g/mol. The highest BCUT2D eigenvalue weighted by molar-refractivity contribution is 5.92. The molecule has 0 bridgehead atoms. The van der Waals surface area contributed by atoms with E-state index in [1.54, 1.807) is 12.1 Å². The molecule has 110 valence electrons. The minimum atomic E-state index is -0.168. The van der Waals surface area contributed by atoms with Crippen LogP contribution in [0.4, 0.5) is 11.6 Å². The number of nitrogens with zero attached hydrogens (tertiary/aromatic N) is 1. The minimum Gasteiger partial charge on any atom is -0.440 e. The van der Waals surface area contributed by atoms with Gasteiger partial charge in [0.15, 0.2) is 0 Å². The first-order valence-electron chi connectivity index (χ1n) is 6.98. The molecular weight excluding hydrogens is 276 g/mol. The van der Waals surface area contributed by atoms with Crippen LogP contribution in [-0.4, -0.2) is 6.21 Å². The molecule has 0 fully saturated rings. The summed E-state index contributed by atoms with van der Waals surface area (Å²) >= 11 is 0. The van der Waals surface area contributed by atoms with E-state index in [9.17, 15) is 4.79 Å². The van der Waals surface area contributed by atoms with E-state index in [0.717, 1.165) is 16.8 Å². The molecule has 0 atom stereocenters. The van der Waals surface area contributed by atoms with Gasteiger partial charge in [0.1, 0.15) is 11.1 Å². The van der Waals surface area contributed by atoms with Crippen LogP contribution < -0.4 is 11.2 Å². The predicted molar refractivity (Wildman–Crippen MR) is 90.1 cm³/mol. The zero-order chi connectivity index (χ0) is 15.7. The summed E-state index contributed by atoms with van der Waals surface area (Å²) in [7, 11) is 0. The lowest BCUT2D eigenvalue weighted by Gasteiger charge is -2.03. The van der Waals surface area contributed by atoms with Crippen molar-refractivity contribution in [2.45, 2.75) is 13.8 Å². The number of fused-ring (bicyclic) bond motifs is 1. The SMILES string of the molecule is Cc1ccc(N=Cc2c(N)oc3ccc(C)cc3c2=O)cc1. The van der Waals surface area contributed by atoms with E-state index in [2.05, 4.69) is 4.99 Å². The van der Waals surface area contributed by atoms with Crippen LogP contribution in [0.5, 0.6) is 0 Å². The van der Waals surface area contributed by atoms with Crippen LogP contribution in [0.15, 0.2) is 56.7 Å². The smallest absolute Gasteiger partial charge is 0.203 e. The largest absolute Gasteiger partial charge is 0.440 e. The Balaban J connectivity index is 2.10. The predicted octanol–water partition coefficient (Wildman–Crippen LogP) is 3.74. The molecule has 1 heterocycles. The number of aliphatic imine (C=N–C) groups is 1. The summed E-state index contributed by atoms with van der Waals surface area (Å²) in [4.78, 5) is 16.8. The Morgan fingerprint density at radius 3 is 2.45 bits per heavy atom. The Hall–Kier alpha value is -2.88. The Morgan fingerprint density at radius 1 is 1.05 bits per heavy atom. The molecule has 0 saturated heterocycles. The number of aryl methyl sites for hydroxylation is 2.